The van der Waals surface area contributed by atoms with Crippen LogP contribution in [0.3, 0.4) is 0 Å². The van der Waals surface area contributed by atoms with Gasteiger partial charge in [0.15, 0.2) is 0 Å². The number of hydrogen-bond acceptors (Lipinski definition) is 16. The summed E-state index contributed by atoms with van der Waals surface area (Å²) in [6.07, 6.45) is -1.01. The smallest absolute Gasteiger partial charge is 0.391 e. The van der Waals surface area contributed by atoms with Gasteiger partial charge in [0.1, 0.15) is 23.7 Å². The van der Waals surface area contributed by atoms with Crippen molar-refractivity contribution in [1.82, 2.24) is 55.0 Å². The molecule has 10 rings (SSSR count). The predicted octanol–water partition coefficient (Wildman–Crippen LogP) is 7.00. The molecule has 3 aromatic carbocycles. The number of rotatable bonds is 17. The molecule has 7 heterocycles. The van der Waals surface area contributed by atoms with E-state index in [0.29, 0.717) is 70.8 Å². The van der Waals surface area contributed by atoms with E-state index >= 15 is 4.39 Å². The summed E-state index contributed by atoms with van der Waals surface area (Å²) in [5, 5.41) is 19.4. The van der Waals surface area contributed by atoms with E-state index in [1.807, 2.05) is 100.0 Å². The second-order valence-electron chi connectivity index (χ2n) is 26.6. The van der Waals surface area contributed by atoms with Crippen LogP contribution in [-0.2, 0) is 25.4 Å². The molecule has 5 saturated heterocycles. The molecule has 92 heavy (non-hydrogen) atoms. The summed E-state index contributed by atoms with van der Waals surface area (Å²) in [7, 11) is 1.97. The number of piperazine rings is 3. The molecular formula is C66H85F5N14O6S. The molecule has 5 aromatic rings. The van der Waals surface area contributed by atoms with Gasteiger partial charge in [-0.2, -0.15) is 13.2 Å². The molecule has 0 radical (unpaired) electrons. The van der Waals surface area contributed by atoms with Crippen molar-refractivity contribution < 1.29 is 51.0 Å². The number of nitrogens with one attached hydrogen (secondary N) is 3. The normalized spacial score (nSPS) is 21.7. The van der Waals surface area contributed by atoms with Crippen LogP contribution >= 0.6 is 11.3 Å². The first-order valence-corrected chi connectivity index (χ1v) is 32.6. The monoisotopic (exact) mass is 1300 g/mol. The minimum atomic E-state index is -5.02. The number of amides is 5. The number of carbonyl (C=O) groups excluding carboxylic acids is 5. The number of nitrogens with zero attached hydrogens (tertiary/aromatic N) is 11. The largest absolute Gasteiger partial charge is 0.417 e. The maximum atomic E-state index is 16.3. The first kappa shape index (κ1) is 67.7. The van der Waals surface area contributed by atoms with Crippen molar-refractivity contribution in [3.63, 3.8) is 0 Å². The Hall–Kier alpha value is -7.23. The molecule has 4 N–H and O–H groups in total. The van der Waals surface area contributed by atoms with Gasteiger partial charge in [-0.15, -0.1) is 11.3 Å². The number of thiazole rings is 1. The zero-order valence-corrected chi connectivity index (χ0v) is 54.4. The number of aryl methyl sites for hydroxylation is 1. The highest BCUT2D eigenvalue weighted by Crippen LogP contribution is 2.39. The zero-order valence-electron chi connectivity index (χ0n) is 53.6. The van der Waals surface area contributed by atoms with Gasteiger partial charge in [-0.1, -0.05) is 45.0 Å². The Kier molecular flexibility index (Phi) is 21.0. The highest BCUT2D eigenvalue weighted by atomic mass is 32.1. The van der Waals surface area contributed by atoms with Gasteiger partial charge in [-0.05, 0) is 113 Å². The van der Waals surface area contributed by atoms with E-state index in [0.717, 1.165) is 79.4 Å². The molecule has 5 amide bonds. The Labute approximate surface area is 538 Å². The second kappa shape index (κ2) is 28.6. The van der Waals surface area contributed by atoms with Crippen molar-refractivity contribution in [2.24, 2.45) is 11.3 Å². The molecule has 496 valence electrons. The van der Waals surface area contributed by atoms with Crippen molar-refractivity contribution in [2.45, 2.75) is 110 Å². The highest BCUT2D eigenvalue weighted by Gasteiger charge is 2.45. The fourth-order valence-electron chi connectivity index (χ4n) is 13.2. The molecule has 0 spiro atoms. The molecule has 26 heteroatoms. The fraction of sp³-hybridized carbons (Fsp3) is 0.545. The van der Waals surface area contributed by atoms with E-state index in [1.54, 1.807) is 11.3 Å². The van der Waals surface area contributed by atoms with Crippen molar-refractivity contribution in [2.75, 3.05) is 127 Å². The Balaban J connectivity index is 0.655. The number of anilines is 3. The van der Waals surface area contributed by atoms with E-state index in [2.05, 4.69) is 50.5 Å². The van der Waals surface area contributed by atoms with E-state index in [4.69, 9.17) is 0 Å². The number of halogens is 5. The van der Waals surface area contributed by atoms with Gasteiger partial charge in [0.05, 0.1) is 63.8 Å². The van der Waals surface area contributed by atoms with E-state index in [9.17, 15) is 46.6 Å². The van der Waals surface area contributed by atoms with Crippen molar-refractivity contribution in [3.05, 3.63) is 107 Å². The van der Waals surface area contributed by atoms with Crippen LogP contribution in [0.2, 0.25) is 0 Å². The highest BCUT2D eigenvalue weighted by molar-refractivity contribution is 7.13. The Morgan fingerprint density at radius 1 is 0.750 bits per heavy atom. The molecule has 0 bridgehead atoms. The van der Waals surface area contributed by atoms with Crippen molar-refractivity contribution in [1.29, 1.82) is 0 Å². The summed E-state index contributed by atoms with van der Waals surface area (Å²) in [5.41, 5.74) is 2.40. The average molecular weight is 1300 g/mol. The number of β-amino-alcohol motifs (C(OH)–C–C–N with tert-alkyl or cyclic N) is 1. The molecule has 5 fully saturated rings. The second-order valence-corrected chi connectivity index (χ2v) is 27.4. The Morgan fingerprint density at radius 3 is 2.01 bits per heavy atom. The van der Waals surface area contributed by atoms with Gasteiger partial charge >= 0.3 is 6.18 Å². The summed E-state index contributed by atoms with van der Waals surface area (Å²) < 4.78 is 72.4. The summed E-state index contributed by atoms with van der Waals surface area (Å²) in [6.45, 7) is 22.1. The van der Waals surface area contributed by atoms with E-state index in [1.165, 1.54) is 29.4 Å². The molecule has 0 unspecified atom stereocenters. The number of likely N-dealkylation sites (tertiary alicyclic amines) is 2. The number of aliphatic hydroxyl groups excluding tert-OH is 1. The molecule has 0 saturated carbocycles. The predicted molar refractivity (Wildman–Crippen MR) is 343 cm³/mol. The Bertz CT molecular complexity index is 3430. The number of carbonyl (C=O) groups is 5. The summed E-state index contributed by atoms with van der Waals surface area (Å²) >= 11 is 1.57. The maximum absolute atomic E-state index is 16.3. The number of aromatic nitrogens is 3. The van der Waals surface area contributed by atoms with Crippen LogP contribution in [0.25, 0.3) is 21.6 Å². The van der Waals surface area contributed by atoms with Gasteiger partial charge < -0.3 is 45.6 Å². The van der Waals surface area contributed by atoms with Crippen LogP contribution in [0.5, 0.6) is 0 Å². The minimum Gasteiger partial charge on any atom is -0.391 e. The lowest BCUT2D eigenvalue weighted by atomic mass is 9.85. The van der Waals surface area contributed by atoms with Crippen LogP contribution in [-0.4, -0.2) is 221 Å². The van der Waals surface area contributed by atoms with Crippen LogP contribution in [0.4, 0.5) is 39.3 Å². The number of piperidine rings is 1. The Morgan fingerprint density at radius 2 is 1.39 bits per heavy atom. The van der Waals surface area contributed by atoms with Crippen LogP contribution < -0.4 is 25.8 Å². The van der Waals surface area contributed by atoms with Gasteiger partial charge in [0, 0.05) is 121 Å². The van der Waals surface area contributed by atoms with Gasteiger partial charge in [-0.25, -0.2) is 23.7 Å². The molecular weight excluding hydrogens is 1210 g/mol. The van der Waals surface area contributed by atoms with Crippen molar-refractivity contribution in [3.8, 4) is 21.6 Å². The zero-order chi connectivity index (χ0) is 65.9. The molecule has 0 aliphatic carbocycles. The number of hydrogen-bond donors (Lipinski definition) is 4. The number of alkyl halides is 3. The summed E-state index contributed by atoms with van der Waals surface area (Å²) in [5.74, 6) is -3.11. The first-order valence-electron chi connectivity index (χ1n) is 31.8. The van der Waals surface area contributed by atoms with Crippen LogP contribution in [0.15, 0.2) is 72.5 Å². The number of aliphatic hydroxyl groups is 1. The molecule has 5 aliphatic rings. The SMILES string of the molecule is Cc1ncsc1-c1ccc([C@H](C)NC(=O)[C@@H]2C[C@@H](O)CN2C(=O)[C@@H](NC(=O)CN2CCN(CC3CCN(CC(=O)N4CCN(c5ncc(-c6cc(NC(=O)c7ccc(F)cc7C(F)(F)F)c(N7C[C@@H](C)N(C)[C@@H](C)C7)cc6F)cn5)CC4)CC3)CC2)C(C)(C)C)cc1. The minimum absolute atomic E-state index is 0.00831. The third kappa shape index (κ3) is 16.0. The molecule has 2 aromatic heterocycles. The first-order chi connectivity index (χ1) is 43.7. The molecule has 5 aliphatic heterocycles. The van der Waals surface area contributed by atoms with Crippen LogP contribution in [0, 0.1) is 29.9 Å². The fourth-order valence-corrected chi connectivity index (χ4v) is 14.0. The lowest BCUT2D eigenvalue weighted by Crippen LogP contribution is -2.59. The topological polar surface area (TPSA) is 206 Å². The number of benzene rings is 3. The standard InChI is InChI=1S/C66H85F5N14O6S/c1-40-33-84(34-41(2)78(40)8)55-30-53(68)51(29-54(55)76-61(89)50-14-13-48(67)27-52(50)66(69,70)71)47-31-72-64(73-32-47)83-25-23-82(24-26-83)58(88)38-79-17-15-44(16-18-79)35-80-19-21-81(22-20-80)37-57(87)77-60(65(5,6)7)63(91)85-36-49(86)28-56(85)62(90)75-42(3)45-9-11-46(12-10-45)59-43(4)74-39-92-59/h9-14,27,29-32,39-42,44,49,56,60,86H,15-26,28,33-38H2,1-8H3,(H,75,90)(H,76,89)(H,77,87)/t40-,41+,42-,49+,56-,60+/m0/s1. The maximum Gasteiger partial charge on any atom is 0.417 e. The number of likely N-dealkylation sites (N-methyl/N-ethyl adjacent to an activating group) is 1. The molecule has 20 nitrogen and oxygen atoms in total. The third-order valence-corrected chi connectivity index (χ3v) is 19.9. The lowest BCUT2D eigenvalue weighted by Gasteiger charge is -2.44. The van der Waals surface area contributed by atoms with Gasteiger partial charge in [0.25, 0.3) is 5.91 Å². The summed E-state index contributed by atoms with van der Waals surface area (Å²) in [6, 6.07) is 10.2. The van der Waals surface area contributed by atoms with Crippen LogP contribution in [0.1, 0.15) is 94.0 Å². The van der Waals surface area contributed by atoms with E-state index < -0.39 is 64.4 Å². The third-order valence-electron chi connectivity index (χ3n) is 18.9. The van der Waals surface area contributed by atoms with Crippen molar-refractivity contribution >= 4 is 58.2 Å². The quantitative estimate of drug-likeness (QED) is 0.0692. The average Bonchev–Trinajstić information content (AvgIpc) is 1.15. The molecule has 6 atom stereocenters. The van der Waals surface area contributed by atoms with Gasteiger partial charge in [0.2, 0.25) is 29.6 Å². The summed E-state index contributed by atoms with van der Waals surface area (Å²) in [4.78, 5) is 99.7. The lowest BCUT2D eigenvalue weighted by molar-refractivity contribution is -0.144. The van der Waals surface area contributed by atoms with Gasteiger partial charge in [-0.3, -0.25) is 38.7 Å². The van der Waals surface area contributed by atoms with E-state index in [-0.39, 0.29) is 83.9 Å².